The fourth-order valence-corrected chi connectivity index (χ4v) is 1.46. The lowest BCUT2D eigenvalue weighted by molar-refractivity contribution is -0.130. The Labute approximate surface area is 78.9 Å². The predicted octanol–water partition coefficient (Wildman–Crippen LogP) is 0.130. The van der Waals surface area contributed by atoms with Crippen LogP contribution in [0.5, 0.6) is 0 Å². The first-order valence-corrected chi connectivity index (χ1v) is 4.63. The third-order valence-corrected chi connectivity index (χ3v) is 2.14. The third-order valence-electron chi connectivity index (χ3n) is 2.14. The molecule has 1 saturated heterocycles. The molecule has 76 valence electrons. The van der Waals surface area contributed by atoms with E-state index in [2.05, 4.69) is 5.43 Å². The molecule has 13 heavy (non-hydrogen) atoms. The number of nitrogens with one attached hydrogen (secondary N) is 1. The first-order valence-electron chi connectivity index (χ1n) is 4.63. The van der Waals surface area contributed by atoms with Crippen LogP contribution in [0.4, 0.5) is 0 Å². The van der Waals surface area contributed by atoms with Gasteiger partial charge in [-0.1, -0.05) is 6.92 Å². The number of aliphatic hydroxyl groups excluding tert-OH is 1. The summed E-state index contributed by atoms with van der Waals surface area (Å²) >= 11 is 0. The number of hydrogen-bond acceptors (Lipinski definition) is 3. The average Bonchev–Trinajstić information content (AvgIpc) is 2.24. The summed E-state index contributed by atoms with van der Waals surface area (Å²) < 4.78 is 0. The van der Waals surface area contributed by atoms with Gasteiger partial charge in [0.2, 0.25) is 5.91 Å². The predicted molar refractivity (Wildman–Crippen MR) is 49.8 cm³/mol. The van der Waals surface area contributed by atoms with Gasteiger partial charge in [-0.05, 0) is 19.8 Å². The molecule has 0 spiro atoms. The summed E-state index contributed by atoms with van der Waals surface area (Å²) in [5.74, 6) is 0.246. The first kappa shape index (κ1) is 10.5. The van der Waals surface area contributed by atoms with Gasteiger partial charge in [-0.3, -0.25) is 9.80 Å². The minimum absolute atomic E-state index is 0.116. The van der Waals surface area contributed by atoms with E-state index in [9.17, 15) is 4.79 Å². The van der Waals surface area contributed by atoms with E-state index in [0.29, 0.717) is 13.0 Å². The fraction of sp³-hybridized carbons (Fsp3) is 0.889. The number of aliphatic hydroxyl groups is 1. The maximum absolute atomic E-state index is 11.4. The molecular formula is C9H18N2O2. The van der Waals surface area contributed by atoms with Gasteiger partial charge in [-0.15, -0.1) is 0 Å². The van der Waals surface area contributed by atoms with Crippen molar-refractivity contribution in [3.63, 3.8) is 0 Å². The molecule has 1 aliphatic heterocycles. The number of carbonyl (C=O) groups is 1. The molecule has 1 heterocycles. The van der Waals surface area contributed by atoms with Gasteiger partial charge in [0.15, 0.2) is 0 Å². The first-order chi connectivity index (χ1) is 5.94. The van der Waals surface area contributed by atoms with E-state index in [1.807, 2.05) is 20.8 Å². The van der Waals surface area contributed by atoms with Gasteiger partial charge >= 0.3 is 0 Å². The molecule has 0 aromatic rings. The molecule has 0 aliphatic carbocycles. The molecule has 1 amide bonds. The van der Waals surface area contributed by atoms with Crippen LogP contribution in [-0.4, -0.2) is 34.7 Å². The molecule has 4 nitrogen and oxygen atoms in total. The van der Waals surface area contributed by atoms with E-state index < -0.39 is 0 Å². The quantitative estimate of drug-likeness (QED) is 0.658. The van der Waals surface area contributed by atoms with Crippen molar-refractivity contribution in [2.24, 2.45) is 5.92 Å². The lowest BCUT2D eigenvalue weighted by atomic mass is 10.0. The number of rotatable bonds is 3. The lowest BCUT2D eigenvalue weighted by Crippen LogP contribution is -2.44. The van der Waals surface area contributed by atoms with Crippen LogP contribution in [0.25, 0.3) is 0 Å². The highest BCUT2D eigenvalue weighted by atomic mass is 16.3. The van der Waals surface area contributed by atoms with Crippen LogP contribution >= 0.6 is 0 Å². The second kappa shape index (κ2) is 3.64. The van der Waals surface area contributed by atoms with Crippen molar-refractivity contribution >= 4 is 5.91 Å². The van der Waals surface area contributed by atoms with Crippen LogP contribution in [-0.2, 0) is 4.79 Å². The number of amides is 1. The molecule has 0 saturated carbocycles. The largest absolute Gasteiger partial charge is 0.396 e. The average molecular weight is 186 g/mol. The van der Waals surface area contributed by atoms with Crippen molar-refractivity contribution in [2.75, 3.05) is 13.2 Å². The molecule has 2 N–H and O–H groups in total. The topological polar surface area (TPSA) is 52.6 Å². The molecule has 1 rings (SSSR count). The number of carbonyl (C=O) groups excluding carboxylic acids is 1. The summed E-state index contributed by atoms with van der Waals surface area (Å²) in [5, 5.41) is 10.5. The highest BCUT2D eigenvalue weighted by Gasteiger charge is 2.35. The minimum Gasteiger partial charge on any atom is -0.396 e. The molecule has 4 heteroatoms. The Bertz CT molecular complexity index is 204. The summed E-state index contributed by atoms with van der Waals surface area (Å²) in [7, 11) is 0. The van der Waals surface area contributed by atoms with Crippen LogP contribution in [0, 0.1) is 5.92 Å². The molecule has 1 fully saturated rings. The smallest absolute Gasteiger partial charge is 0.238 e. The Morgan fingerprint density at radius 3 is 2.69 bits per heavy atom. The Balaban J connectivity index is 2.49. The third kappa shape index (κ3) is 2.67. The molecule has 1 atom stereocenters. The van der Waals surface area contributed by atoms with E-state index in [0.717, 1.165) is 0 Å². The van der Waals surface area contributed by atoms with Crippen molar-refractivity contribution in [1.82, 2.24) is 10.4 Å². The fourth-order valence-electron chi connectivity index (χ4n) is 1.46. The number of hydrogen-bond donors (Lipinski definition) is 2. The number of nitrogens with zero attached hydrogens (tertiary/aromatic N) is 1. The molecular weight excluding hydrogens is 168 g/mol. The number of hydrazine groups is 1. The zero-order chi connectivity index (χ0) is 10.1. The highest BCUT2D eigenvalue weighted by Crippen LogP contribution is 2.18. The standard InChI is InChI=1S/C9H18N2O2/c1-7(6-12)5-11-8(13)4-9(2,3)10-11/h7,10,12H,4-6H2,1-3H3. The van der Waals surface area contributed by atoms with E-state index >= 15 is 0 Å². The second-order valence-corrected chi connectivity index (χ2v) is 4.46. The van der Waals surface area contributed by atoms with E-state index in [-0.39, 0.29) is 24.0 Å². The maximum atomic E-state index is 11.4. The highest BCUT2D eigenvalue weighted by molar-refractivity contribution is 5.79. The van der Waals surface area contributed by atoms with Crippen LogP contribution in [0.2, 0.25) is 0 Å². The van der Waals surface area contributed by atoms with E-state index in [4.69, 9.17) is 5.11 Å². The molecule has 0 radical (unpaired) electrons. The molecule has 1 aliphatic rings. The van der Waals surface area contributed by atoms with Gasteiger partial charge in [-0.25, -0.2) is 5.43 Å². The summed E-state index contributed by atoms with van der Waals surface area (Å²) in [6, 6.07) is 0. The molecule has 1 unspecified atom stereocenters. The van der Waals surface area contributed by atoms with Crippen LogP contribution < -0.4 is 5.43 Å². The van der Waals surface area contributed by atoms with Gasteiger partial charge in [-0.2, -0.15) is 0 Å². The monoisotopic (exact) mass is 186 g/mol. The van der Waals surface area contributed by atoms with Crippen molar-refractivity contribution < 1.29 is 9.90 Å². The Morgan fingerprint density at radius 1 is 1.69 bits per heavy atom. The van der Waals surface area contributed by atoms with Gasteiger partial charge in [0, 0.05) is 25.1 Å². The zero-order valence-electron chi connectivity index (χ0n) is 8.50. The lowest BCUT2D eigenvalue weighted by Gasteiger charge is -2.23. The second-order valence-electron chi connectivity index (χ2n) is 4.46. The van der Waals surface area contributed by atoms with E-state index in [1.165, 1.54) is 0 Å². The van der Waals surface area contributed by atoms with Crippen molar-refractivity contribution in [2.45, 2.75) is 32.7 Å². The van der Waals surface area contributed by atoms with Gasteiger partial charge in [0.25, 0.3) is 0 Å². The molecule has 0 aromatic carbocycles. The van der Waals surface area contributed by atoms with Gasteiger partial charge in [0.05, 0.1) is 0 Å². The summed E-state index contributed by atoms with van der Waals surface area (Å²) in [5.41, 5.74) is 2.99. The zero-order valence-corrected chi connectivity index (χ0v) is 8.50. The molecule has 0 aromatic heterocycles. The van der Waals surface area contributed by atoms with Gasteiger partial charge in [0.1, 0.15) is 0 Å². The van der Waals surface area contributed by atoms with Crippen molar-refractivity contribution in [1.29, 1.82) is 0 Å². The molecule has 0 bridgehead atoms. The normalized spacial score (nSPS) is 23.7. The Morgan fingerprint density at radius 2 is 2.31 bits per heavy atom. The minimum atomic E-state index is -0.133. The Kier molecular flexibility index (Phi) is 2.93. The van der Waals surface area contributed by atoms with Gasteiger partial charge < -0.3 is 5.11 Å². The maximum Gasteiger partial charge on any atom is 0.238 e. The van der Waals surface area contributed by atoms with Crippen LogP contribution in [0.15, 0.2) is 0 Å². The summed E-state index contributed by atoms with van der Waals surface area (Å²) in [4.78, 5) is 11.4. The van der Waals surface area contributed by atoms with E-state index in [1.54, 1.807) is 5.01 Å². The van der Waals surface area contributed by atoms with Crippen molar-refractivity contribution in [3.8, 4) is 0 Å². The van der Waals surface area contributed by atoms with Crippen molar-refractivity contribution in [3.05, 3.63) is 0 Å². The van der Waals surface area contributed by atoms with Crippen LogP contribution in [0.3, 0.4) is 0 Å². The SMILES string of the molecule is CC(CO)CN1NC(C)(C)CC1=O. The Hall–Kier alpha value is -0.610. The summed E-state index contributed by atoms with van der Waals surface area (Å²) in [6.07, 6.45) is 0.533. The van der Waals surface area contributed by atoms with Crippen LogP contribution in [0.1, 0.15) is 27.2 Å². The summed E-state index contributed by atoms with van der Waals surface area (Å²) in [6.45, 7) is 6.61.